The lowest BCUT2D eigenvalue weighted by molar-refractivity contribution is -0.136. The minimum Gasteiger partial charge on any atom is -0.373 e. The van der Waals surface area contributed by atoms with Crippen LogP contribution >= 0.6 is 0 Å². The van der Waals surface area contributed by atoms with Crippen LogP contribution in [0.25, 0.3) is 0 Å². The summed E-state index contributed by atoms with van der Waals surface area (Å²) < 4.78 is 0. The van der Waals surface area contributed by atoms with Crippen molar-refractivity contribution in [3.8, 4) is 0 Å². The summed E-state index contributed by atoms with van der Waals surface area (Å²) in [6.45, 7) is 2.09. The summed E-state index contributed by atoms with van der Waals surface area (Å²) in [5.41, 5.74) is 2.13. The van der Waals surface area contributed by atoms with Crippen LogP contribution in [-0.2, 0) is 16.0 Å². The highest BCUT2D eigenvalue weighted by Crippen LogP contribution is 2.17. The number of aryl methyl sites for hydroxylation is 1. The van der Waals surface area contributed by atoms with Gasteiger partial charge in [-0.3, -0.25) is 14.5 Å². The van der Waals surface area contributed by atoms with Crippen LogP contribution in [0.1, 0.15) is 18.9 Å². The number of rotatable bonds is 3. The van der Waals surface area contributed by atoms with Crippen molar-refractivity contribution in [1.82, 2.24) is 4.90 Å². The van der Waals surface area contributed by atoms with Crippen LogP contribution in [0.2, 0.25) is 0 Å². The van der Waals surface area contributed by atoms with Crippen LogP contribution in [-0.4, -0.2) is 29.8 Å². The number of hydrogen-bond donors (Lipinski definition) is 1. The van der Waals surface area contributed by atoms with E-state index in [4.69, 9.17) is 0 Å². The van der Waals surface area contributed by atoms with E-state index >= 15 is 0 Å². The van der Waals surface area contributed by atoms with Crippen LogP contribution < -0.4 is 5.32 Å². The standard InChI is InChI=1S/C13H16N2O2/c1-3-9-4-6-10(7-5-9)14-11-8-12(16)15(2)13(11)17/h4-7,11,14H,3,8H2,1-2H3. The summed E-state index contributed by atoms with van der Waals surface area (Å²) in [4.78, 5) is 24.2. The van der Waals surface area contributed by atoms with E-state index in [1.807, 2.05) is 24.3 Å². The number of nitrogens with zero attached hydrogens (tertiary/aromatic N) is 1. The van der Waals surface area contributed by atoms with Gasteiger partial charge in [0.2, 0.25) is 5.91 Å². The number of likely N-dealkylation sites (N-methyl/N-ethyl adjacent to an activating group) is 1. The highest BCUT2D eigenvalue weighted by Gasteiger charge is 2.35. The third kappa shape index (κ3) is 2.30. The number of amides is 2. The zero-order valence-electron chi connectivity index (χ0n) is 10.1. The number of likely N-dealkylation sites (tertiary alicyclic amines) is 1. The molecule has 1 fully saturated rings. The second-order valence-electron chi connectivity index (χ2n) is 4.24. The van der Waals surface area contributed by atoms with E-state index in [0.717, 1.165) is 12.1 Å². The molecule has 1 aliphatic heterocycles. The Balaban J connectivity index is 2.06. The number of carbonyl (C=O) groups excluding carboxylic acids is 2. The van der Waals surface area contributed by atoms with Crippen LogP contribution in [0.3, 0.4) is 0 Å². The molecule has 0 bridgehead atoms. The zero-order valence-corrected chi connectivity index (χ0v) is 10.1. The van der Waals surface area contributed by atoms with Gasteiger partial charge in [0.05, 0.1) is 6.42 Å². The summed E-state index contributed by atoms with van der Waals surface area (Å²) in [5.74, 6) is -0.285. The number of nitrogens with one attached hydrogen (secondary N) is 1. The zero-order chi connectivity index (χ0) is 12.4. The van der Waals surface area contributed by atoms with Gasteiger partial charge in [-0.1, -0.05) is 19.1 Å². The molecule has 1 unspecified atom stereocenters. The molecule has 90 valence electrons. The number of carbonyl (C=O) groups is 2. The van der Waals surface area contributed by atoms with Crippen molar-refractivity contribution in [2.24, 2.45) is 0 Å². The van der Waals surface area contributed by atoms with Gasteiger partial charge < -0.3 is 5.32 Å². The fourth-order valence-electron chi connectivity index (χ4n) is 1.91. The molecule has 1 N–H and O–H groups in total. The van der Waals surface area contributed by atoms with Gasteiger partial charge >= 0.3 is 0 Å². The number of benzene rings is 1. The summed E-state index contributed by atoms with van der Waals surface area (Å²) >= 11 is 0. The normalized spacial score (nSPS) is 19.9. The van der Waals surface area contributed by atoms with E-state index in [9.17, 15) is 9.59 Å². The second kappa shape index (κ2) is 4.57. The molecule has 1 aliphatic rings. The Morgan fingerprint density at radius 3 is 2.41 bits per heavy atom. The first-order chi connectivity index (χ1) is 8.11. The van der Waals surface area contributed by atoms with Gasteiger partial charge in [-0.15, -0.1) is 0 Å². The van der Waals surface area contributed by atoms with Gasteiger partial charge in [0.1, 0.15) is 6.04 Å². The molecule has 0 radical (unpaired) electrons. The average molecular weight is 232 g/mol. The molecular weight excluding hydrogens is 216 g/mol. The lowest BCUT2D eigenvalue weighted by atomic mass is 10.1. The first-order valence-corrected chi connectivity index (χ1v) is 5.77. The quantitative estimate of drug-likeness (QED) is 0.802. The van der Waals surface area contributed by atoms with E-state index in [2.05, 4.69) is 12.2 Å². The predicted molar refractivity (Wildman–Crippen MR) is 65.6 cm³/mol. The minimum absolute atomic E-state index is 0.127. The van der Waals surface area contributed by atoms with Crippen molar-refractivity contribution in [2.75, 3.05) is 12.4 Å². The molecular formula is C13H16N2O2. The van der Waals surface area contributed by atoms with Crippen molar-refractivity contribution in [3.05, 3.63) is 29.8 Å². The van der Waals surface area contributed by atoms with E-state index < -0.39 is 6.04 Å². The molecule has 2 rings (SSSR count). The monoisotopic (exact) mass is 232 g/mol. The molecule has 1 saturated heterocycles. The van der Waals surface area contributed by atoms with Crippen LogP contribution in [0.5, 0.6) is 0 Å². The number of imide groups is 1. The van der Waals surface area contributed by atoms with Gasteiger partial charge in [0, 0.05) is 12.7 Å². The Morgan fingerprint density at radius 2 is 1.94 bits per heavy atom. The highest BCUT2D eigenvalue weighted by molar-refractivity contribution is 6.06. The van der Waals surface area contributed by atoms with Gasteiger partial charge in [0.15, 0.2) is 0 Å². The van der Waals surface area contributed by atoms with E-state index in [-0.39, 0.29) is 18.2 Å². The van der Waals surface area contributed by atoms with Crippen molar-refractivity contribution >= 4 is 17.5 Å². The van der Waals surface area contributed by atoms with E-state index in [1.165, 1.54) is 17.5 Å². The molecule has 1 aromatic rings. The van der Waals surface area contributed by atoms with Crippen LogP contribution in [0, 0.1) is 0 Å². The van der Waals surface area contributed by atoms with Gasteiger partial charge in [-0.2, -0.15) is 0 Å². The maximum absolute atomic E-state index is 11.7. The summed E-state index contributed by atoms with van der Waals surface area (Å²) in [5, 5.41) is 3.09. The lowest BCUT2D eigenvalue weighted by Gasteiger charge is -2.12. The predicted octanol–water partition coefficient (Wildman–Crippen LogP) is 1.42. The Hall–Kier alpha value is -1.84. The first-order valence-electron chi connectivity index (χ1n) is 5.77. The summed E-state index contributed by atoms with van der Waals surface area (Å²) in [6.07, 6.45) is 1.23. The largest absolute Gasteiger partial charge is 0.373 e. The molecule has 2 amide bonds. The Labute approximate surface area is 101 Å². The molecule has 1 aromatic carbocycles. The van der Waals surface area contributed by atoms with Gasteiger partial charge in [0.25, 0.3) is 5.91 Å². The average Bonchev–Trinajstić information content (AvgIpc) is 2.58. The lowest BCUT2D eigenvalue weighted by Crippen LogP contribution is -2.31. The van der Waals surface area contributed by atoms with Gasteiger partial charge in [-0.25, -0.2) is 0 Å². The van der Waals surface area contributed by atoms with Crippen LogP contribution in [0.4, 0.5) is 5.69 Å². The minimum atomic E-state index is -0.417. The molecule has 0 aromatic heterocycles. The van der Waals surface area contributed by atoms with Crippen LogP contribution in [0.15, 0.2) is 24.3 Å². The fraction of sp³-hybridized carbons (Fsp3) is 0.385. The molecule has 0 spiro atoms. The number of anilines is 1. The molecule has 0 aliphatic carbocycles. The number of hydrogen-bond acceptors (Lipinski definition) is 3. The third-order valence-electron chi connectivity index (χ3n) is 3.08. The molecule has 4 nitrogen and oxygen atoms in total. The molecule has 17 heavy (non-hydrogen) atoms. The smallest absolute Gasteiger partial charge is 0.251 e. The maximum Gasteiger partial charge on any atom is 0.251 e. The van der Waals surface area contributed by atoms with Crippen molar-refractivity contribution in [2.45, 2.75) is 25.8 Å². The SMILES string of the molecule is CCc1ccc(NC2CC(=O)N(C)C2=O)cc1. The maximum atomic E-state index is 11.7. The first kappa shape index (κ1) is 11.6. The van der Waals surface area contributed by atoms with Crippen molar-refractivity contribution in [3.63, 3.8) is 0 Å². The Kier molecular flexibility index (Phi) is 3.13. The van der Waals surface area contributed by atoms with Crippen molar-refractivity contribution < 1.29 is 9.59 Å². The van der Waals surface area contributed by atoms with Gasteiger partial charge in [-0.05, 0) is 24.1 Å². The Bertz CT molecular complexity index is 439. The summed E-state index contributed by atoms with van der Waals surface area (Å²) in [6, 6.07) is 7.50. The van der Waals surface area contributed by atoms with E-state index in [0.29, 0.717) is 0 Å². The molecule has 4 heteroatoms. The van der Waals surface area contributed by atoms with E-state index in [1.54, 1.807) is 0 Å². The highest BCUT2D eigenvalue weighted by atomic mass is 16.2. The third-order valence-corrected chi connectivity index (χ3v) is 3.08. The molecule has 1 atom stereocenters. The fourth-order valence-corrected chi connectivity index (χ4v) is 1.91. The topological polar surface area (TPSA) is 49.4 Å². The second-order valence-corrected chi connectivity index (χ2v) is 4.24. The van der Waals surface area contributed by atoms with Crippen molar-refractivity contribution in [1.29, 1.82) is 0 Å². The summed E-state index contributed by atoms with van der Waals surface area (Å²) in [7, 11) is 1.52. The Morgan fingerprint density at radius 1 is 1.29 bits per heavy atom. The molecule has 0 saturated carbocycles. The molecule has 1 heterocycles.